The van der Waals surface area contributed by atoms with Crippen LogP contribution >= 0.6 is 0 Å². The molecule has 5 heteroatoms. The minimum absolute atomic E-state index is 0.163. The molecule has 128 valence electrons. The molecule has 0 aliphatic heterocycles. The Kier molecular flexibility index (Phi) is 5.22. The number of benzene rings is 1. The maximum absolute atomic E-state index is 12.6. The Morgan fingerprint density at radius 2 is 1.88 bits per heavy atom. The number of carbonyl (C=O) groups is 2. The zero-order valence-electron chi connectivity index (χ0n) is 14.8. The van der Waals surface area contributed by atoms with Crippen molar-refractivity contribution in [1.82, 2.24) is 10.3 Å². The lowest BCUT2D eigenvalue weighted by Crippen LogP contribution is -2.34. The van der Waals surface area contributed by atoms with Gasteiger partial charge in [-0.15, -0.1) is 0 Å². The summed E-state index contributed by atoms with van der Waals surface area (Å²) in [6, 6.07) is 9.28. The fourth-order valence-corrected chi connectivity index (χ4v) is 2.30. The van der Waals surface area contributed by atoms with E-state index in [1.807, 2.05) is 38.1 Å². The molecule has 0 aliphatic rings. The SMILES string of the molecule is CC(C)c1cc(C(=O)NCC(=O)OC(C)(C)C)c2ccccc2n1. The summed E-state index contributed by atoms with van der Waals surface area (Å²) < 4.78 is 5.21. The van der Waals surface area contributed by atoms with Crippen LogP contribution in [0, 0.1) is 0 Å². The topological polar surface area (TPSA) is 68.3 Å². The third-order valence-corrected chi connectivity index (χ3v) is 3.39. The van der Waals surface area contributed by atoms with Crippen LogP contribution in [0.4, 0.5) is 0 Å². The third-order valence-electron chi connectivity index (χ3n) is 3.39. The van der Waals surface area contributed by atoms with Gasteiger partial charge in [0.2, 0.25) is 0 Å². The quantitative estimate of drug-likeness (QED) is 0.873. The van der Waals surface area contributed by atoms with Crippen molar-refractivity contribution < 1.29 is 14.3 Å². The molecule has 2 aromatic rings. The Morgan fingerprint density at radius 3 is 2.50 bits per heavy atom. The smallest absolute Gasteiger partial charge is 0.325 e. The lowest BCUT2D eigenvalue weighted by Gasteiger charge is -2.19. The number of pyridine rings is 1. The zero-order chi connectivity index (χ0) is 17.9. The summed E-state index contributed by atoms with van der Waals surface area (Å²) >= 11 is 0. The molecule has 24 heavy (non-hydrogen) atoms. The van der Waals surface area contributed by atoms with E-state index >= 15 is 0 Å². The summed E-state index contributed by atoms with van der Waals surface area (Å²) in [6.45, 7) is 9.26. The molecule has 1 heterocycles. The number of esters is 1. The summed E-state index contributed by atoms with van der Waals surface area (Å²) in [4.78, 5) is 28.9. The van der Waals surface area contributed by atoms with Gasteiger partial charge in [-0.2, -0.15) is 0 Å². The highest BCUT2D eigenvalue weighted by Crippen LogP contribution is 2.22. The van der Waals surface area contributed by atoms with Crippen molar-refractivity contribution in [3.8, 4) is 0 Å². The van der Waals surface area contributed by atoms with Gasteiger partial charge >= 0.3 is 5.97 Å². The molecule has 1 aromatic carbocycles. The van der Waals surface area contributed by atoms with E-state index in [1.165, 1.54) is 0 Å². The molecule has 5 nitrogen and oxygen atoms in total. The number of fused-ring (bicyclic) bond motifs is 1. The molecule has 0 atom stereocenters. The van der Waals surface area contributed by atoms with Crippen LogP contribution in [0.5, 0.6) is 0 Å². The zero-order valence-corrected chi connectivity index (χ0v) is 14.8. The summed E-state index contributed by atoms with van der Waals surface area (Å²) in [5.74, 6) is -0.563. The van der Waals surface area contributed by atoms with Gasteiger partial charge < -0.3 is 10.1 Å². The largest absolute Gasteiger partial charge is 0.459 e. The standard InChI is InChI=1S/C19H24N2O3/c1-12(2)16-10-14(13-8-6-7-9-15(13)21-16)18(23)20-11-17(22)24-19(3,4)5/h6-10,12H,11H2,1-5H3,(H,20,23). The number of amides is 1. The van der Waals surface area contributed by atoms with Crippen molar-refractivity contribution in [1.29, 1.82) is 0 Å². The van der Waals surface area contributed by atoms with Gasteiger partial charge in [-0.05, 0) is 38.8 Å². The predicted molar refractivity (Wildman–Crippen MR) is 94.0 cm³/mol. The first kappa shape index (κ1) is 17.9. The van der Waals surface area contributed by atoms with E-state index < -0.39 is 11.6 Å². The van der Waals surface area contributed by atoms with Crippen molar-refractivity contribution in [2.45, 2.75) is 46.1 Å². The number of aromatic nitrogens is 1. The molecular weight excluding hydrogens is 304 g/mol. The second-order valence-electron chi connectivity index (χ2n) is 7.04. The van der Waals surface area contributed by atoms with Crippen LogP contribution in [0.1, 0.15) is 56.6 Å². The van der Waals surface area contributed by atoms with Crippen molar-refractivity contribution in [3.05, 3.63) is 41.6 Å². The number of ether oxygens (including phenoxy) is 1. The van der Waals surface area contributed by atoms with Gasteiger partial charge in [-0.3, -0.25) is 14.6 Å². The molecule has 0 saturated carbocycles. The number of nitrogens with zero attached hydrogens (tertiary/aromatic N) is 1. The van der Waals surface area contributed by atoms with Crippen LogP contribution in [0.3, 0.4) is 0 Å². The average Bonchev–Trinajstić information content (AvgIpc) is 2.49. The Morgan fingerprint density at radius 1 is 1.21 bits per heavy atom. The van der Waals surface area contributed by atoms with Crippen LogP contribution in [0.2, 0.25) is 0 Å². The first-order valence-electron chi connectivity index (χ1n) is 8.07. The number of rotatable bonds is 4. The Hall–Kier alpha value is -2.43. The highest BCUT2D eigenvalue weighted by molar-refractivity contribution is 6.06. The van der Waals surface area contributed by atoms with E-state index in [0.717, 1.165) is 16.6 Å². The molecule has 0 spiro atoms. The second-order valence-corrected chi connectivity index (χ2v) is 7.04. The highest BCUT2D eigenvalue weighted by Gasteiger charge is 2.18. The van der Waals surface area contributed by atoms with E-state index in [9.17, 15) is 9.59 Å². The number of carbonyl (C=O) groups excluding carboxylic acids is 2. The van der Waals surface area contributed by atoms with Gasteiger partial charge in [0.15, 0.2) is 0 Å². The van der Waals surface area contributed by atoms with Gasteiger partial charge in [0.25, 0.3) is 5.91 Å². The first-order valence-corrected chi connectivity index (χ1v) is 8.07. The number of para-hydroxylation sites is 1. The minimum Gasteiger partial charge on any atom is -0.459 e. The molecule has 1 aromatic heterocycles. The van der Waals surface area contributed by atoms with Gasteiger partial charge in [-0.25, -0.2) is 0 Å². The maximum Gasteiger partial charge on any atom is 0.325 e. The predicted octanol–water partition coefficient (Wildman–Crippen LogP) is 3.43. The molecule has 2 rings (SSSR count). The molecule has 0 aliphatic carbocycles. The van der Waals surface area contributed by atoms with Crippen LogP contribution in [-0.2, 0) is 9.53 Å². The van der Waals surface area contributed by atoms with Crippen molar-refractivity contribution in [2.75, 3.05) is 6.54 Å². The monoisotopic (exact) mass is 328 g/mol. The molecule has 0 bridgehead atoms. The van der Waals surface area contributed by atoms with E-state index in [-0.39, 0.29) is 18.4 Å². The lowest BCUT2D eigenvalue weighted by molar-refractivity contribution is -0.153. The average molecular weight is 328 g/mol. The maximum atomic E-state index is 12.6. The van der Waals surface area contributed by atoms with Crippen LogP contribution in [-0.4, -0.2) is 29.0 Å². The summed E-state index contributed by atoms with van der Waals surface area (Å²) in [6.07, 6.45) is 0. The Labute approximate surface area is 142 Å². The Bertz CT molecular complexity index is 761. The van der Waals surface area contributed by atoms with Crippen LogP contribution < -0.4 is 5.32 Å². The van der Waals surface area contributed by atoms with Gasteiger partial charge in [0, 0.05) is 11.1 Å². The fourth-order valence-electron chi connectivity index (χ4n) is 2.30. The van der Waals surface area contributed by atoms with Gasteiger partial charge in [0.05, 0.1) is 11.1 Å². The van der Waals surface area contributed by atoms with Crippen molar-refractivity contribution in [2.24, 2.45) is 0 Å². The number of hydrogen-bond acceptors (Lipinski definition) is 4. The third kappa shape index (κ3) is 4.54. The van der Waals surface area contributed by atoms with E-state index in [1.54, 1.807) is 26.8 Å². The Balaban J connectivity index is 2.24. The van der Waals surface area contributed by atoms with Gasteiger partial charge in [0.1, 0.15) is 12.1 Å². The molecule has 0 fully saturated rings. The molecule has 1 amide bonds. The van der Waals surface area contributed by atoms with E-state index in [2.05, 4.69) is 10.3 Å². The molecule has 1 N–H and O–H groups in total. The van der Waals surface area contributed by atoms with Crippen molar-refractivity contribution in [3.63, 3.8) is 0 Å². The van der Waals surface area contributed by atoms with Crippen LogP contribution in [0.15, 0.2) is 30.3 Å². The van der Waals surface area contributed by atoms with E-state index in [4.69, 9.17) is 4.74 Å². The second kappa shape index (κ2) is 6.99. The number of nitrogens with one attached hydrogen (secondary N) is 1. The summed E-state index contributed by atoms with van der Waals surface area (Å²) in [5.41, 5.74) is 1.56. The molecular formula is C19H24N2O3. The number of hydrogen-bond donors (Lipinski definition) is 1. The normalized spacial score (nSPS) is 11.6. The first-order chi connectivity index (χ1) is 11.2. The minimum atomic E-state index is -0.573. The highest BCUT2D eigenvalue weighted by atomic mass is 16.6. The van der Waals surface area contributed by atoms with Crippen LogP contribution in [0.25, 0.3) is 10.9 Å². The summed E-state index contributed by atoms with van der Waals surface area (Å²) in [5, 5.41) is 3.41. The van der Waals surface area contributed by atoms with Gasteiger partial charge in [-0.1, -0.05) is 32.0 Å². The lowest BCUT2D eigenvalue weighted by atomic mass is 10.0. The van der Waals surface area contributed by atoms with Crippen molar-refractivity contribution >= 4 is 22.8 Å². The van der Waals surface area contributed by atoms with E-state index in [0.29, 0.717) is 5.56 Å². The molecule has 0 unspecified atom stereocenters. The summed E-state index contributed by atoms with van der Waals surface area (Å²) in [7, 11) is 0. The fraction of sp³-hybridized carbons (Fsp3) is 0.421. The molecule has 0 radical (unpaired) electrons. The molecule has 0 saturated heterocycles.